The number of aromatic nitrogens is 2. The van der Waals surface area contributed by atoms with Gasteiger partial charge in [0.2, 0.25) is 0 Å². The lowest BCUT2D eigenvalue weighted by atomic mass is 10.3. The lowest BCUT2D eigenvalue weighted by Gasteiger charge is -2.10. The van der Waals surface area contributed by atoms with E-state index in [1.165, 1.54) is 6.20 Å². The lowest BCUT2D eigenvalue weighted by molar-refractivity contribution is 0.0386. The highest BCUT2D eigenvalue weighted by molar-refractivity contribution is 7.98. The molecule has 1 atom stereocenters. The van der Waals surface area contributed by atoms with Crippen molar-refractivity contribution >= 4 is 17.7 Å². The number of nitrogens with zero attached hydrogens (tertiary/aromatic N) is 2. The van der Waals surface area contributed by atoms with Crippen molar-refractivity contribution in [3.63, 3.8) is 0 Å². The average Bonchev–Trinajstić information content (AvgIpc) is 2.66. The number of esters is 1. The number of ether oxygens (including phenoxy) is 1. The predicted molar refractivity (Wildman–Crippen MR) is 61.2 cm³/mol. The van der Waals surface area contributed by atoms with Gasteiger partial charge in [0, 0.05) is 18.5 Å². The van der Waals surface area contributed by atoms with Crippen LogP contribution >= 0.6 is 11.8 Å². The van der Waals surface area contributed by atoms with Crippen LogP contribution in [0.2, 0.25) is 0 Å². The maximum atomic E-state index is 11.6. The van der Waals surface area contributed by atoms with Crippen LogP contribution < -0.4 is 0 Å². The van der Waals surface area contributed by atoms with E-state index in [1.807, 2.05) is 20.1 Å². The van der Waals surface area contributed by atoms with Crippen LogP contribution in [0.4, 0.5) is 0 Å². The first kappa shape index (κ1) is 12.1. The van der Waals surface area contributed by atoms with Gasteiger partial charge in [-0.25, -0.2) is 4.79 Å². The van der Waals surface area contributed by atoms with E-state index >= 15 is 0 Å². The Bertz CT molecular complexity index is 325. The fraction of sp³-hybridized carbons (Fsp3) is 0.600. The summed E-state index contributed by atoms with van der Waals surface area (Å²) in [6.07, 6.45) is 5.17. The van der Waals surface area contributed by atoms with Crippen LogP contribution in [0.5, 0.6) is 0 Å². The molecule has 0 amide bonds. The summed E-state index contributed by atoms with van der Waals surface area (Å²) in [4.78, 5) is 11.6. The summed E-state index contributed by atoms with van der Waals surface area (Å²) in [5, 5.41) is 4.02. The van der Waals surface area contributed by atoms with Gasteiger partial charge >= 0.3 is 5.97 Å². The number of hydrogen-bond acceptors (Lipinski definition) is 4. The van der Waals surface area contributed by atoms with Crippen LogP contribution in [0.1, 0.15) is 24.2 Å². The summed E-state index contributed by atoms with van der Waals surface area (Å²) in [5.74, 6) is 0.518. The van der Waals surface area contributed by atoms with E-state index in [-0.39, 0.29) is 12.1 Å². The van der Waals surface area contributed by atoms with E-state index in [0.29, 0.717) is 5.56 Å². The van der Waals surface area contributed by atoms with E-state index < -0.39 is 0 Å². The molecule has 0 spiro atoms. The Morgan fingerprint density at radius 1 is 1.73 bits per heavy atom. The molecule has 1 heterocycles. The largest absolute Gasteiger partial charge is 0.458 e. The van der Waals surface area contributed by atoms with Crippen molar-refractivity contribution < 1.29 is 9.53 Å². The highest BCUT2D eigenvalue weighted by Crippen LogP contribution is 2.06. The van der Waals surface area contributed by atoms with E-state index in [0.717, 1.165) is 12.3 Å². The Morgan fingerprint density at radius 3 is 3.00 bits per heavy atom. The number of carbonyl (C=O) groups excluding carboxylic acids is 1. The quantitative estimate of drug-likeness (QED) is 0.721. The molecule has 5 heteroatoms. The maximum absolute atomic E-state index is 11.6. The Hall–Kier alpha value is -0.970. The fourth-order valence-corrected chi connectivity index (χ4v) is 1.70. The van der Waals surface area contributed by atoms with E-state index in [2.05, 4.69) is 5.10 Å². The van der Waals surface area contributed by atoms with E-state index in [9.17, 15) is 4.79 Å². The van der Waals surface area contributed by atoms with Crippen LogP contribution in [-0.2, 0) is 11.3 Å². The summed E-state index contributed by atoms with van der Waals surface area (Å²) >= 11 is 1.66. The minimum atomic E-state index is -0.295. The van der Waals surface area contributed by atoms with Gasteiger partial charge in [0.1, 0.15) is 6.10 Å². The summed E-state index contributed by atoms with van der Waals surface area (Å²) in [6.45, 7) is 4.62. The molecule has 4 nitrogen and oxygen atoms in total. The second-order valence-corrected chi connectivity index (χ2v) is 4.17. The van der Waals surface area contributed by atoms with Crippen molar-refractivity contribution in [3.8, 4) is 0 Å². The molecular formula is C10H16N2O2S. The first-order valence-electron chi connectivity index (χ1n) is 4.89. The highest BCUT2D eigenvalue weighted by Gasteiger charge is 2.13. The third-order valence-corrected chi connectivity index (χ3v) is 2.71. The van der Waals surface area contributed by atoms with Crippen molar-refractivity contribution in [1.29, 1.82) is 0 Å². The molecule has 0 unspecified atom stereocenters. The number of carbonyl (C=O) groups is 1. The zero-order chi connectivity index (χ0) is 11.3. The molecule has 0 saturated heterocycles. The second-order valence-electron chi connectivity index (χ2n) is 3.26. The minimum Gasteiger partial charge on any atom is -0.458 e. The topological polar surface area (TPSA) is 44.1 Å². The van der Waals surface area contributed by atoms with Gasteiger partial charge in [-0.1, -0.05) is 0 Å². The standard InChI is InChI=1S/C10H16N2O2S/c1-4-12-6-9(5-11-12)10(13)14-8(2)7-15-3/h5-6,8H,4,7H2,1-3H3/t8-/m1/s1. The first-order chi connectivity index (χ1) is 7.17. The predicted octanol–water partition coefficient (Wildman–Crippen LogP) is 1.81. The minimum absolute atomic E-state index is 0.0579. The van der Waals surface area contributed by atoms with E-state index in [4.69, 9.17) is 4.74 Å². The van der Waals surface area contributed by atoms with E-state index in [1.54, 1.807) is 22.6 Å². The van der Waals surface area contributed by atoms with Crippen LogP contribution in [0.3, 0.4) is 0 Å². The van der Waals surface area contributed by atoms with Gasteiger partial charge in [-0.15, -0.1) is 0 Å². The second kappa shape index (κ2) is 5.80. The maximum Gasteiger partial charge on any atom is 0.341 e. The van der Waals surface area contributed by atoms with Crippen LogP contribution in [0.25, 0.3) is 0 Å². The zero-order valence-corrected chi connectivity index (χ0v) is 10.1. The average molecular weight is 228 g/mol. The molecule has 0 fully saturated rings. The van der Waals surface area contributed by atoms with Gasteiger partial charge in [0.15, 0.2) is 0 Å². The molecule has 1 aromatic rings. The third kappa shape index (κ3) is 3.58. The number of aryl methyl sites for hydroxylation is 1. The molecule has 15 heavy (non-hydrogen) atoms. The third-order valence-electron chi connectivity index (χ3n) is 1.90. The lowest BCUT2D eigenvalue weighted by Crippen LogP contribution is -2.16. The Kier molecular flexibility index (Phi) is 4.68. The SMILES string of the molecule is CCn1cc(C(=O)O[C@H](C)CSC)cn1. The molecule has 1 rings (SSSR count). The van der Waals surface area contributed by atoms with Crippen molar-refractivity contribution in [2.24, 2.45) is 0 Å². The smallest absolute Gasteiger partial charge is 0.341 e. The molecule has 0 aliphatic carbocycles. The van der Waals surface area contributed by atoms with Gasteiger partial charge in [-0.05, 0) is 20.1 Å². The van der Waals surface area contributed by atoms with Crippen LogP contribution in [0.15, 0.2) is 12.4 Å². The molecule has 1 aromatic heterocycles. The summed E-state index contributed by atoms with van der Waals surface area (Å²) in [6, 6.07) is 0. The van der Waals surface area contributed by atoms with Gasteiger partial charge in [0.25, 0.3) is 0 Å². The van der Waals surface area contributed by atoms with Crippen molar-refractivity contribution in [2.75, 3.05) is 12.0 Å². The number of thioether (sulfide) groups is 1. The first-order valence-corrected chi connectivity index (χ1v) is 6.29. The van der Waals surface area contributed by atoms with Crippen molar-refractivity contribution in [1.82, 2.24) is 9.78 Å². The molecule has 0 saturated carbocycles. The molecular weight excluding hydrogens is 212 g/mol. The van der Waals surface area contributed by atoms with Crippen LogP contribution in [-0.4, -0.2) is 33.9 Å². The van der Waals surface area contributed by atoms with Crippen molar-refractivity contribution in [2.45, 2.75) is 26.5 Å². The monoisotopic (exact) mass is 228 g/mol. The number of hydrogen-bond donors (Lipinski definition) is 0. The Morgan fingerprint density at radius 2 is 2.47 bits per heavy atom. The van der Waals surface area contributed by atoms with Gasteiger partial charge in [0.05, 0.1) is 11.8 Å². The molecule has 84 valence electrons. The molecule has 0 radical (unpaired) electrons. The molecule has 0 aliphatic rings. The fourth-order valence-electron chi connectivity index (χ4n) is 1.16. The highest BCUT2D eigenvalue weighted by atomic mass is 32.2. The van der Waals surface area contributed by atoms with Gasteiger partial charge < -0.3 is 4.74 Å². The number of rotatable bonds is 5. The van der Waals surface area contributed by atoms with Crippen LogP contribution in [0, 0.1) is 0 Å². The Balaban J connectivity index is 2.53. The van der Waals surface area contributed by atoms with Gasteiger partial charge in [-0.3, -0.25) is 4.68 Å². The molecule has 0 aromatic carbocycles. The Labute approximate surface area is 94.0 Å². The molecule has 0 N–H and O–H groups in total. The molecule has 0 aliphatic heterocycles. The summed E-state index contributed by atoms with van der Waals surface area (Å²) in [7, 11) is 0. The summed E-state index contributed by atoms with van der Waals surface area (Å²) in [5.41, 5.74) is 0.518. The van der Waals surface area contributed by atoms with Gasteiger partial charge in [-0.2, -0.15) is 16.9 Å². The summed E-state index contributed by atoms with van der Waals surface area (Å²) < 4.78 is 6.93. The molecule has 0 bridgehead atoms. The normalized spacial score (nSPS) is 12.5. The van der Waals surface area contributed by atoms with Crippen molar-refractivity contribution in [3.05, 3.63) is 18.0 Å². The zero-order valence-electron chi connectivity index (χ0n) is 9.27.